The van der Waals surface area contributed by atoms with Gasteiger partial charge in [0.1, 0.15) is 0 Å². The first-order chi connectivity index (χ1) is 7.16. The number of fused-ring (bicyclic) bond motifs is 5. The second kappa shape index (κ2) is 3.50. The molecule has 3 fully saturated rings. The van der Waals surface area contributed by atoms with Gasteiger partial charge in [-0.2, -0.15) is 0 Å². The molecule has 0 N–H and O–H groups in total. The molecule has 3 aliphatic carbocycles. The quantitative estimate of drug-likeness (QED) is 0.598. The van der Waals surface area contributed by atoms with Crippen LogP contribution < -0.4 is 0 Å². The SMILES string of the molecule is CC1CCC2C(C1)C1CC(C(C)C)C2C1. The van der Waals surface area contributed by atoms with Crippen LogP contribution in [-0.4, -0.2) is 0 Å². The van der Waals surface area contributed by atoms with Gasteiger partial charge in [0.15, 0.2) is 0 Å². The Hall–Kier alpha value is 0. The Bertz CT molecular complexity index is 242. The third-order valence-electron chi connectivity index (χ3n) is 5.93. The fraction of sp³-hybridized carbons (Fsp3) is 1.00. The van der Waals surface area contributed by atoms with Crippen molar-refractivity contribution >= 4 is 0 Å². The summed E-state index contributed by atoms with van der Waals surface area (Å²) in [5.41, 5.74) is 0. The van der Waals surface area contributed by atoms with E-state index in [0.29, 0.717) is 0 Å². The fourth-order valence-electron chi connectivity index (χ4n) is 5.28. The highest BCUT2D eigenvalue weighted by Gasteiger charge is 2.53. The lowest BCUT2D eigenvalue weighted by Gasteiger charge is -2.42. The molecule has 0 spiro atoms. The number of rotatable bonds is 1. The molecule has 0 aromatic carbocycles. The Morgan fingerprint density at radius 2 is 1.67 bits per heavy atom. The Balaban J connectivity index is 1.76. The van der Waals surface area contributed by atoms with E-state index >= 15 is 0 Å². The first-order valence-corrected chi connectivity index (χ1v) is 7.16. The standard InChI is InChI=1S/C15H26/c1-9(2)13-7-11-8-15(13)12-5-4-10(3)6-14(11)12/h9-15H,4-8H2,1-3H3. The van der Waals surface area contributed by atoms with E-state index in [-0.39, 0.29) is 0 Å². The molecule has 0 aromatic rings. The summed E-state index contributed by atoms with van der Waals surface area (Å²) in [5.74, 6) is 7.62. The Kier molecular flexibility index (Phi) is 2.37. The Labute approximate surface area is 94.8 Å². The van der Waals surface area contributed by atoms with Crippen molar-refractivity contribution in [2.45, 2.75) is 52.9 Å². The van der Waals surface area contributed by atoms with Crippen LogP contribution >= 0.6 is 0 Å². The van der Waals surface area contributed by atoms with Crippen molar-refractivity contribution < 1.29 is 0 Å². The van der Waals surface area contributed by atoms with Gasteiger partial charge in [0.25, 0.3) is 0 Å². The molecule has 6 atom stereocenters. The Morgan fingerprint density at radius 1 is 0.867 bits per heavy atom. The summed E-state index contributed by atoms with van der Waals surface area (Å²) in [7, 11) is 0. The molecule has 0 heterocycles. The fourth-order valence-corrected chi connectivity index (χ4v) is 5.28. The van der Waals surface area contributed by atoms with E-state index < -0.39 is 0 Å². The minimum atomic E-state index is 0.945. The van der Waals surface area contributed by atoms with Gasteiger partial charge in [-0.1, -0.05) is 27.2 Å². The normalized spacial score (nSPS) is 53.6. The first-order valence-electron chi connectivity index (χ1n) is 7.16. The van der Waals surface area contributed by atoms with Crippen molar-refractivity contribution in [2.24, 2.45) is 41.4 Å². The van der Waals surface area contributed by atoms with Crippen molar-refractivity contribution in [1.82, 2.24) is 0 Å². The second-order valence-corrected chi connectivity index (χ2v) is 7.05. The molecule has 0 amide bonds. The van der Waals surface area contributed by atoms with Crippen LogP contribution in [0.4, 0.5) is 0 Å². The van der Waals surface area contributed by atoms with Crippen LogP contribution in [0.1, 0.15) is 52.9 Å². The van der Waals surface area contributed by atoms with Crippen LogP contribution in [0.3, 0.4) is 0 Å². The summed E-state index contributed by atoms with van der Waals surface area (Å²) in [6.07, 6.45) is 7.84. The predicted molar refractivity (Wildman–Crippen MR) is 64.5 cm³/mol. The third kappa shape index (κ3) is 1.47. The van der Waals surface area contributed by atoms with Crippen LogP contribution in [-0.2, 0) is 0 Å². The zero-order valence-electron chi connectivity index (χ0n) is 10.6. The Morgan fingerprint density at radius 3 is 2.40 bits per heavy atom. The molecule has 2 bridgehead atoms. The molecule has 0 heteroatoms. The van der Waals surface area contributed by atoms with Gasteiger partial charge >= 0.3 is 0 Å². The zero-order chi connectivity index (χ0) is 10.6. The maximum absolute atomic E-state index is 2.47. The van der Waals surface area contributed by atoms with E-state index in [0.717, 1.165) is 41.4 Å². The van der Waals surface area contributed by atoms with E-state index in [9.17, 15) is 0 Å². The van der Waals surface area contributed by atoms with Crippen LogP contribution in [0.25, 0.3) is 0 Å². The average Bonchev–Trinajstić information content (AvgIpc) is 2.74. The van der Waals surface area contributed by atoms with Crippen molar-refractivity contribution in [3.05, 3.63) is 0 Å². The van der Waals surface area contributed by atoms with Crippen LogP contribution in [0, 0.1) is 41.4 Å². The van der Waals surface area contributed by atoms with E-state index in [1.807, 2.05) is 0 Å². The zero-order valence-corrected chi connectivity index (χ0v) is 10.6. The molecule has 3 rings (SSSR count). The molecule has 3 aliphatic rings. The van der Waals surface area contributed by atoms with Gasteiger partial charge in [-0.15, -0.1) is 0 Å². The molecule has 86 valence electrons. The second-order valence-electron chi connectivity index (χ2n) is 7.05. The van der Waals surface area contributed by atoms with Crippen molar-refractivity contribution in [3.8, 4) is 0 Å². The molecule has 3 saturated carbocycles. The molecular formula is C15H26. The predicted octanol–water partition coefficient (Wildman–Crippen LogP) is 4.35. The van der Waals surface area contributed by atoms with Crippen LogP contribution in [0.15, 0.2) is 0 Å². The van der Waals surface area contributed by atoms with Gasteiger partial charge in [0.2, 0.25) is 0 Å². The maximum Gasteiger partial charge on any atom is -0.0349 e. The van der Waals surface area contributed by atoms with Crippen molar-refractivity contribution in [1.29, 1.82) is 0 Å². The molecule has 0 nitrogen and oxygen atoms in total. The molecule has 6 unspecified atom stereocenters. The molecule has 0 aromatic heterocycles. The van der Waals surface area contributed by atoms with Gasteiger partial charge in [-0.3, -0.25) is 0 Å². The lowest BCUT2D eigenvalue weighted by Crippen LogP contribution is -2.34. The molecule has 15 heavy (non-hydrogen) atoms. The topological polar surface area (TPSA) is 0 Å². The highest BCUT2D eigenvalue weighted by molar-refractivity contribution is 5.02. The highest BCUT2D eigenvalue weighted by Crippen LogP contribution is 2.61. The first kappa shape index (κ1) is 10.2. The van der Waals surface area contributed by atoms with Gasteiger partial charge < -0.3 is 0 Å². The largest absolute Gasteiger partial charge is 0.0625 e. The lowest BCUT2D eigenvalue weighted by molar-refractivity contribution is 0.0733. The summed E-state index contributed by atoms with van der Waals surface area (Å²) < 4.78 is 0. The lowest BCUT2D eigenvalue weighted by atomic mass is 9.63. The smallest absolute Gasteiger partial charge is 0.0349 e. The summed E-state index contributed by atoms with van der Waals surface area (Å²) in [6.45, 7) is 7.37. The minimum Gasteiger partial charge on any atom is -0.0625 e. The van der Waals surface area contributed by atoms with E-state index in [2.05, 4.69) is 20.8 Å². The van der Waals surface area contributed by atoms with Crippen molar-refractivity contribution in [3.63, 3.8) is 0 Å². The van der Waals surface area contributed by atoms with Crippen LogP contribution in [0.5, 0.6) is 0 Å². The molecule has 0 radical (unpaired) electrons. The minimum absolute atomic E-state index is 0.945. The summed E-state index contributed by atoms with van der Waals surface area (Å²) in [6, 6.07) is 0. The third-order valence-corrected chi connectivity index (χ3v) is 5.93. The summed E-state index contributed by atoms with van der Waals surface area (Å²) in [5, 5.41) is 0. The molecular weight excluding hydrogens is 180 g/mol. The van der Waals surface area contributed by atoms with Gasteiger partial charge in [0, 0.05) is 0 Å². The maximum atomic E-state index is 2.47. The van der Waals surface area contributed by atoms with E-state index in [1.165, 1.54) is 6.42 Å². The van der Waals surface area contributed by atoms with Crippen molar-refractivity contribution in [2.75, 3.05) is 0 Å². The average molecular weight is 206 g/mol. The van der Waals surface area contributed by atoms with Gasteiger partial charge in [-0.25, -0.2) is 0 Å². The number of hydrogen-bond donors (Lipinski definition) is 0. The van der Waals surface area contributed by atoms with Gasteiger partial charge in [0.05, 0.1) is 0 Å². The number of hydrogen-bond acceptors (Lipinski definition) is 0. The van der Waals surface area contributed by atoms with E-state index in [4.69, 9.17) is 0 Å². The summed E-state index contributed by atoms with van der Waals surface area (Å²) >= 11 is 0. The van der Waals surface area contributed by atoms with Gasteiger partial charge in [-0.05, 0) is 67.1 Å². The molecule has 0 saturated heterocycles. The van der Waals surface area contributed by atoms with Crippen LogP contribution in [0.2, 0.25) is 0 Å². The van der Waals surface area contributed by atoms with E-state index in [1.54, 1.807) is 25.7 Å². The monoisotopic (exact) mass is 206 g/mol. The highest BCUT2D eigenvalue weighted by atomic mass is 14.6. The molecule has 0 aliphatic heterocycles. The summed E-state index contributed by atoms with van der Waals surface area (Å²) in [4.78, 5) is 0.